The standard InChI is InChI=1S/C31H41N7O6.C3H8.CH2O/c1-20(2)38(25(17-26(32)39)30(43)34-18-28(41)37-14-6-7-15-37)29(42)19-33-27(40)16-22-10-12-23(13-11-22)35-31(44)36-24-9-5-4-8-21(24)3;1-3-2;1-2/h4-5,8-13,20,25H,6-7,14-19H2,1-3H3,(H2,32,39)(H,33,40)(H,34,43)(H2,35,36,44);3H2,1-2H3;1H2/t25-;;/m0../s1. The molecule has 1 aliphatic heterocycles. The van der Waals surface area contributed by atoms with Crippen molar-refractivity contribution in [3.8, 4) is 0 Å². The molecule has 14 nitrogen and oxygen atoms in total. The van der Waals surface area contributed by atoms with Gasteiger partial charge in [0.15, 0.2) is 0 Å². The predicted molar refractivity (Wildman–Crippen MR) is 188 cm³/mol. The Morgan fingerprint density at radius 2 is 1.47 bits per heavy atom. The molecule has 14 heteroatoms. The summed E-state index contributed by atoms with van der Waals surface area (Å²) in [6.45, 7) is 12.1. The van der Waals surface area contributed by atoms with E-state index in [-0.39, 0.29) is 18.9 Å². The minimum absolute atomic E-state index is 0.0333. The zero-order valence-corrected chi connectivity index (χ0v) is 29.2. The number of carbonyl (C=O) groups excluding carboxylic acids is 7. The van der Waals surface area contributed by atoms with Gasteiger partial charge in [0.05, 0.1) is 25.9 Å². The molecule has 0 bridgehead atoms. The van der Waals surface area contributed by atoms with Crippen LogP contribution in [0.3, 0.4) is 0 Å². The Morgan fingerprint density at radius 1 is 0.878 bits per heavy atom. The number of urea groups is 1. The Kier molecular flexibility index (Phi) is 19.0. The van der Waals surface area contributed by atoms with Crippen LogP contribution in [0.4, 0.5) is 16.2 Å². The average Bonchev–Trinajstić information content (AvgIpc) is 3.61. The molecule has 7 amide bonds. The molecular weight excluding hydrogens is 630 g/mol. The fraction of sp³-hybridized carbons (Fsp3) is 0.457. The third-order valence-electron chi connectivity index (χ3n) is 7.16. The van der Waals surface area contributed by atoms with Crippen molar-refractivity contribution in [3.05, 3.63) is 59.7 Å². The maximum atomic E-state index is 13.2. The minimum atomic E-state index is -1.24. The number of hydrogen-bond donors (Lipinski definition) is 5. The third kappa shape index (κ3) is 15.0. The fourth-order valence-corrected chi connectivity index (χ4v) is 4.91. The van der Waals surface area contributed by atoms with Crippen LogP contribution in [-0.4, -0.2) is 90.4 Å². The SMILES string of the molecule is C=O.CCC.Cc1ccccc1NC(=O)Nc1ccc(CC(=O)NCC(=O)N(C(C)C)[C@@H](CC(N)=O)C(=O)NCC(=O)N2CCCC2)cc1. The van der Waals surface area contributed by atoms with Gasteiger partial charge in [0, 0.05) is 30.5 Å². The van der Waals surface area contributed by atoms with E-state index in [1.807, 2.05) is 31.9 Å². The van der Waals surface area contributed by atoms with Crippen LogP contribution in [0.15, 0.2) is 48.5 Å². The molecular formula is C35H51N7O7. The van der Waals surface area contributed by atoms with Gasteiger partial charge in [-0.3, -0.25) is 24.0 Å². The molecule has 0 radical (unpaired) electrons. The monoisotopic (exact) mass is 681 g/mol. The Balaban J connectivity index is 0.00000227. The zero-order valence-electron chi connectivity index (χ0n) is 29.2. The predicted octanol–water partition coefficient (Wildman–Crippen LogP) is 2.75. The molecule has 6 N–H and O–H groups in total. The number of nitrogens with one attached hydrogen (secondary N) is 4. The number of hydrogen-bond acceptors (Lipinski definition) is 7. The molecule has 49 heavy (non-hydrogen) atoms. The number of aryl methyl sites for hydroxylation is 1. The lowest BCUT2D eigenvalue weighted by Crippen LogP contribution is -2.56. The van der Waals surface area contributed by atoms with E-state index in [4.69, 9.17) is 10.5 Å². The van der Waals surface area contributed by atoms with Crippen LogP contribution < -0.4 is 27.0 Å². The van der Waals surface area contributed by atoms with Crippen LogP contribution in [0.5, 0.6) is 0 Å². The first-order chi connectivity index (χ1) is 23.4. The number of benzene rings is 2. The van der Waals surface area contributed by atoms with Crippen LogP contribution in [0, 0.1) is 6.92 Å². The largest absolute Gasteiger partial charge is 0.370 e. The lowest BCUT2D eigenvalue weighted by atomic mass is 10.1. The average molecular weight is 682 g/mol. The van der Waals surface area contributed by atoms with Crippen LogP contribution in [0.25, 0.3) is 0 Å². The Bertz CT molecular complexity index is 1390. The van der Waals surface area contributed by atoms with Crippen molar-refractivity contribution in [1.82, 2.24) is 20.4 Å². The van der Waals surface area contributed by atoms with Gasteiger partial charge in [-0.05, 0) is 62.9 Å². The molecule has 3 rings (SSSR count). The molecule has 0 unspecified atom stereocenters. The van der Waals surface area contributed by atoms with Crippen molar-refractivity contribution in [1.29, 1.82) is 0 Å². The highest BCUT2D eigenvalue weighted by Gasteiger charge is 2.33. The first-order valence-corrected chi connectivity index (χ1v) is 16.3. The fourth-order valence-electron chi connectivity index (χ4n) is 4.91. The number of nitrogens with zero attached hydrogens (tertiary/aromatic N) is 2. The van der Waals surface area contributed by atoms with Crippen LogP contribution in [-0.2, 0) is 35.2 Å². The van der Waals surface area contributed by atoms with Gasteiger partial charge in [0.25, 0.3) is 0 Å². The van der Waals surface area contributed by atoms with Gasteiger partial charge in [-0.1, -0.05) is 50.6 Å². The molecule has 1 fully saturated rings. The number of nitrogens with two attached hydrogens (primary N) is 1. The molecule has 2 aromatic carbocycles. The highest BCUT2D eigenvalue weighted by Crippen LogP contribution is 2.16. The van der Waals surface area contributed by atoms with Gasteiger partial charge < -0.3 is 41.6 Å². The van der Waals surface area contributed by atoms with Gasteiger partial charge in [0.1, 0.15) is 12.8 Å². The smallest absolute Gasteiger partial charge is 0.323 e. The first kappa shape index (κ1) is 41.8. The van der Waals surface area contributed by atoms with E-state index in [1.165, 1.54) is 11.3 Å². The number of anilines is 2. The summed E-state index contributed by atoms with van der Waals surface area (Å²) < 4.78 is 0. The topological polar surface area (TPSA) is 200 Å². The van der Waals surface area contributed by atoms with E-state index >= 15 is 0 Å². The summed E-state index contributed by atoms with van der Waals surface area (Å²) in [5.41, 5.74) is 8.18. The molecule has 0 saturated carbocycles. The Morgan fingerprint density at radius 3 is 2.02 bits per heavy atom. The van der Waals surface area contributed by atoms with E-state index in [2.05, 4.69) is 35.1 Å². The Labute approximate surface area is 288 Å². The first-order valence-electron chi connectivity index (χ1n) is 16.3. The van der Waals surface area contributed by atoms with Crippen LogP contribution in [0.1, 0.15) is 64.5 Å². The summed E-state index contributed by atoms with van der Waals surface area (Å²) >= 11 is 0. The maximum absolute atomic E-state index is 13.2. The van der Waals surface area contributed by atoms with Crippen molar-refractivity contribution in [3.63, 3.8) is 0 Å². The number of primary amides is 1. The molecule has 1 atom stereocenters. The lowest BCUT2D eigenvalue weighted by Gasteiger charge is -2.34. The molecule has 268 valence electrons. The summed E-state index contributed by atoms with van der Waals surface area (Å²) in [6.07, 6.45) is 2.59. The number of rotatable bonds is 13. The molecule has 0 aliphatic carbocycles. The van der Waals surface area contributed by atoms with E-state index in [0.29, 0.717) is 30.0 Å². The third-order valence-corrected chi connectivity index (χ3v) is 7.16. The van der Waals surface area contributed by atoms with Crippen molar-refractivity contribution < 1.29 is 33.6 Å². The summed E-state index contributed by atoms with van der Waals surface area (Å²) in [6, 6.07) is 11.9. The normalized spacial score (nSPS) is 12.2. The van der Waals surface area contributed by atoms with Crippen LogP contribution in [0.2, 0.25) is 0 Å². The zero-order chi connectivity index (χ0) is 36.9. The van der Waals surface area contributed by atoms with E-state index in [1.54, 1.807) is 49.1 Å². The summed E-state index contributed by atoms with van der Waals surface area (Å²) in [5.74, 6) is -2.72. The summed E-state index contributed by atoms with van der Waals surface area (Å²) in [4.78, 5) is 86.2. The molecule has 1 aliphatic rings. The number of para-hydroxylation sites is 1. The second kappa shape index (κ2) is 22.3. The van der Waals surface area contributed by atoms with Gasteiger partial charge >= 0.3 is 6.03 Å². The highest BCUT2D eigenvalue weighted by atomic mass is 16.2. The number of carbonyl (C=O) groups is 7. The van der Waals surface area contributed by atoms with Crippen molar-refractivity contribution in [2.24, 2.45) is 5.73 Å². The molecule has 1 heterocycles. The summed E-state index contributed by atoms with van der Waals surface area (Å²) in [7, 11) is 0. The number of amides is 7. The molecule has 0 spiro atoms. The van der Waals surface area contributed by atoms with Crippen molar-refractivity contribution in [2.75, 3.05) is 36.8 Å². The van der Waals surface area contributed by atoms with E-state index in [9.17, 15) is 28.8 Å². The maximum Gasteiger partial charge on any atom is 0.323 e. The lowest BCUT2D eigenvalue weighted by molar-refractivity contribution is -0.144. The Hall–Kier alpha value is -5.27. The number of likely N-dealkylation sites (tertiary alicyclic amines) is 1. The van der Waals surface area contributed by atoms with Gasteiger partial charge in [-0.2, -0.15) is 0 Å². The van der Waals surface area contributed by atoms with Gasteiger partial charge in [0.2, 0.25) is 29.5 Å². The van der Waals surface area contributed by atoms with Gasteiger partial charge in [-0.15, -0.1) is 0 Å². The second-order valence-corrected chi connectivity index (χ2v) is 11.6. The van der Waals surface area contributed by atoms with Gasteiger partial charge in [-0.25, -0.2) is 4.79 Å². The van der Waals surface area contributed by atoms with Crippen molar-refractivity contribution >= 4 is 53.7 Å². The molecule has 0 aromatic heterocycles. The quantitative estimate of drug-likeness (QED) is 0.214. The van der Waals surface area contributed by atoms with Crippen molar-refractivity contribution in [2.45, 2.75) is 78.8 Å². The summed E-state index contributed by atoms with van der Waals surface area (Å²) in [5, 5.41) is 10.6. The highest BCUT2D eigenvalue weighted by molar-refractivity contribution is 6.00. The molecule has 1 saturated heterocycles. The minimum Gasteiger partial charge on any atom is -0.370 e. The second-order valence-electron chi connectivity index (χ2n) is 11.6. The molecule has 2 aromatic rings. The van der Waals surface area contributed by atoms with E-state index < -0.39 is 54.7 Å². The van der Waals surface area contributed by atoms with E-state index in [0.717, 1.165) is 18.4 Å². The van der Waals surface area contributed by atoms with Crippen LogP contribution >= 0.6 is 0 Å².